The Bertz CT molecular complexity index is 2770. The molecule has 2 fully saturated rings. The molecule has 2 aliphatic rings. The first-order valence-corrected chi connectivity index (χ1v) is 25.7. The minimum absolute atomic E-state index is 0.209. The first kappa shape index (κ1) is 64.4. The number of halogens is 2. The molecule has 0 radical (unpaired) electrons. The molecule has 2 aliphatic heterocycles. The smallest absolute Gasteiger partial charge is 0.303 e. The Hall–Kier alpha value is -8.44. The molecule has 2 saturated heterocycles. The number of hydrogen-bond acceptors (Lipinski definition) is 22. The molecule has 0 amide bonds. The lowest BCUT2D eigenvalue weighted by atomic mass is 9.98. The molecule has 4 aromatic carbocycles. The van der Waals surface area contributed by atoms with Crippen molar-refractivity contribution in [2.24, 2.45) is 0 Å². The van der Waals surface area contributed by atoms with Gasteiger partial charge >= 0.3 is 47.8 Å². The van der Waals surface area contributed by atoms with Crippen LogP contribution < -0.4 is 9.47 Å². The first-order valence-electron chi connectivity index (χ1n) is 25.0. The number of ketones is 2. The second-order valence-corrected chi connectivity index (χ2v) is 18.8. The van der Waals surface area contributed by atoms with Crippen LogP contribution in [0.1, 0.15) is 87.2 Å². The molecule has 24 heteroatoms. The lowest BCUT2D eigenvalue weighted by Crippen LogP contribution is -2.63. The Morgan fingerprint density at radius 3 is 0.939 bits per heavy atom. The summed E-state index contributed by atoms with van der Waals surface area (Å²) < 4.78 is 66.2. The number of hydrogen-bond donors (Lipinski definition) is 0. The zero-order chi connectivity index (χ0) is 60.2. The Labute approximate surface area is 480 Å². The molecule has 22 nitrogen and oxygen atoms in total. The summed E-state index contributed by atoms with van der Waals surface area (Å²) in [5.41, 5.74) is 2.32. The second kappa shape index (κ2) is 31.0. The zero-order valence-electron chi connectivity index (χ0n) is 45.5. The van der Waals surface area contributed by atoms with Gasteiger partial charge in [-0.15, -0.1) is 0 Å². The number of allylic oxidation sites excluding steroid dienone is 2. The van der Waals surface area contributed by atoms with Crippen molar-refractivity contribution in [3.05, 3.63) is 142 Å². The van der Waals surface area contributed by atoms with E-state index in [1.165, 1.54) is 26.0 Å². The Balaban J connectivity index is 0.000000301. The van der Waals surface area contributed by atoms with Crippen LogP contribution in [0.25, 0.3) is 12.2 Å². The summed E-state index contributed by atoms with van der Waals surface area (Å²) in [4.78, 5) is 119. The molecule has 0 spiro atoms. The van der Waals surface area contributed by atoms with Gasteiger partial charge in [-0.25, -0.2) is 0 Å². The highest BCUT2D eigenvalue weighted by molar-refractivity contribution is 6.31. The van der Waals surface area contributed by atoms with Crippen LogP contribution in [0.15, 0.2) is 109 Å². The summed E-state index contributed by atoms with van der Waals surface area (Å²) in [6.45, 7) is 8.43. The highest BCUT2D eigenvalue weighted by Crippen LogP contribution is 2.33. The molecular weight excluding hydrogens is 1120 g/mol. The molecule has 0 N–H and O–H groups in total. The molecule has 0 aliphatic carbocycles. The summed E-state index contributed by atoms with van der Waals surface area (Å²) in [5.74, 6) is -5.58. The molecule has 82 heavy (non-hydrogen) atoms. The first-order chi connectivity index (χ1) is 38.8. The summed E-state index contributed by atoms with van der Waals surface area (Å²) in [5, 5.41) is 1.05. The van der Waals surface area contributed by atoms with Crippen LogP contribution in [0.5, 0.6) is 11.5 Å². The number of carbonyl (C=O) groups excluding carboxylic acids is 10. The molecule has 0 unspecified atom stereocenters. The van der Waals surface area contributed by atoms with Crippen LogP contribution in [0.2, 0.25) is 10.0 Å². The zero-order valence-corrected chi connectivity index (χ0v) is 47.0. The van der Waals surface area contributed by atoms with E-state index >= 15 is 0 Å². The molecule has 0 bridgehead atoms. The van der Waals surface area contributed by atoms with Crippen molar-refractivity contribution < 1.29 is 105 Å². The van der Waals surface area contributed by atoms with Gasteiger partial charge in [-0.2, -0.15) is 0 Å². The molecule has 0 saturated carbocycles. The highest BCUT2D eigenvalue weighted by atomic mass is 35.5. The van der Waals surface area contributed by atoms with Crippen LogP contribution in [-0.2, 0) is 85.7 Å². The fraction of sp³-hybridized carbons (Fsp3) is 0.345. The van der Waals surface area contributed by atoms with E-state index in [-0.39, 0.29) is 36.3 Å². The third-order valence-electron chi connectivity index (χ3n) is 11.3. The van der Waals surface area contributed by atoms with Crippen molar-refractivity contribution >= 4 is 94.7 Å². The summed E-state index contributed by atoms with van der Waals surface area (Å²) in [6.07, 6.45) is -6.89. The van der Waals surface area contributed by atoms with Gasteiger partial charge in [0.25, 0.3) is 0 Å². The lowest BCUT2D eigenvalue weighted by molar-refractivity contribution is -0.288. The predicted octanol–water partition coefficient (Wildman–Crippen LogP) is 7.40. The van der Waals surface area contributed by atoms with Crippen LogP contribution in [0, 0.1) is 0 Å². The average Bonchev–Trinajstić information content (AvgIpc) is 3.55. The van der Waals surface area contributed by atoms with Gasteiger partial charge < -0.3 is 56.8 Å². The Morgan fingerprint density at radius 1 is 0.378 bits per heavy atom. The monoisotopic (exact) mass is 1180 g/mol. The molecule has 0 aromatic heterocycles. The largest absolute Gasteiger partial charge is 0.463 e. The van der Waals surface area contributed by atoms with Crippen LogP contribution >= 0.6 is 23.2 Å². The van der Waals surface area contributed by atoms with Gasteiger partial charge in [0.2, 0.25) is 24.8 Å². The van der Waals surface area contributed by atoms with E-state index in [1.54, 1.807) is 109 Å². The topological polar surface area (TPSA) is 281 Å². The molecule has 2 heterocycles. The van der Waals surface area contributed by atoms with E-state index in [0.29, 0.717) is 32.3 Å². The van der Waals surface area contributed by atoms with Gasteiger partial charge in [0.05, 0.1) is 0 Å². The fourth-order valence-electron chi connectivity index (χ4n) is 7.92. The van der Waals surface area contributed by atoms with E-state index in [9.17, 15) is 47.9 Å². The molecule has 10 atom stereocenters. The lowest BCUT2D eigenvalue weighted by Gasteiger charge is -2.43. The van der Waals surface area contributed by atoms with E-state index in [2.05, 4.69) is 0 Å². The number of ether oxygens (including phenoxy) is 12. The minimum Gasteiger partial charge on any atom is -0.463 e. The van der Waals surface area contributed by atoms with Gasteiger partial charge in [0, 0.05) is 76.6 Å². The van der Waals surface area contributed by atoms with Gasteiger partial charge in [-0.05, 0) is 96.1 Å². The fourth-order valence-corrected chi connectivity index (χ4v) is 8.17. The van der Waals surface area contributed by atoms with Gasteiger partial charge in [0.15, 0.2) is 36.0 Å². The number of esters is 8. The number of benzene rings is 4. The second-order valence-electron chi connectivity index (χ2n) is 17.9. The van der Waals surface area contributed by atoms with Crippen molar-refractivity contribution in [2.75, 3.05) is 13.2 Å². The van der Waals surface area contributed by atoms with Crippen molar-refractivity contribution in [2.45, 2.75) is 117 Å². The molecule has 4 aromatic rings. The SMILES string of the molecule is CC(=O)OC[C@H]1O[C@@H](Oc2ccc(/C=C/C(=O)c3ccc(Cl)cc3)cc2)[C@H](OC(C)=O)[C@H](OC(C)=O)[C@@H]1OC(C)=O.CC(=O)OC[C@H]1O[C@@H](Oc2ccc(/C=C/C(=O)c3ccc(Cl)cc3)cc2)[C@H](OC(C)=O)[C@H](OC(C)=O)[C@@H]1OC(C)=O. The maximum Gasteiger partial charge on any atom is 0.303 e. The van der Waals surface area contributed by atoms with E-state index in [1.807, 2.05) is 0 Å². The third-order valence-corrected chi connectivity index (χ3v) is 11.8. The van der Waals surface area contributed by atoms with E-state index in [0.717, 1.165) is 41.5 Å². The predicted molar refractivity (Wildman–Crippen MR) is 288 cm³/mol. The minimum atomic E-state index is -1.36. The van der Waals surface area contributed by atoms with Crippen molar-refractivity contribution in [3.8, 4) is 11.5 Å². The highest BCUT2D eigenvalue weighted by Gasteiger charge is 2.55. The number of rotatable bonds is 20. The van der Waals surface area contributed by atoms with Crippen molar-refractivity contribution in [3.63, 3.8) is 0 Å². The van der Waals surface area contributed by atoms with Crippen LogP contribution in [0.3, 0.4) is 0 Å². The van der Waals surface area contributed by atoms with Crippen LogP contribution in [-0.4, -0.2) is 134 Å². The Morgan fingerprint density at radius 2 is 0.659 bits per heavy atom. The maximum absolute atomic E-state index is 12.4. The Kier molecular flexibility index (Phi) is 24.3. The van der Waals surface area contributed by atoms with E-state index in [4.69, 9.17) is 80.0 Å². The normalized spacial score (nSPS) is 21.9. The summed E-state index contributed by atoms with van der Waals surface area (Å²) >= 11 is 11.7. The maximum atomic E-state index is 12.4. The quantitative estimate of drug-likeness (QED) is 0.0360. The van der Waals surface area contributed by atoms with Gasteiger partial charge in [0.1, 0.15) is 36.9 Å². The van der Waals surface area contributed by atoms with Gasteiger partial charge in [-0.1, -0.05) is 59.6 Å². The third kappa shape index (κ3) is 20.6. The summed E-state index contributed by atoms with van der Waals surface area (Å²) in [7, 11) is 0. The number of carbonyl (C=O) groups is 10. The average molecular weight is 1180 g/mol. The molecular formula is C58H58Cl2O22. The van der Waals surface area contributed by atoms with Crippen LogP contribution in [0.4, 0.5) is 0 Å². The molecule has 6 rings (SSSR count). The van der Waals surface area contributed by atoms with Gasteiger partial charge in [-0.3, -0.25) is 47.9 Å². The summed E-state index contributed by atoms with van der Waals surface area (Å²) in [6, 6.07) is 26.0. The van der Waals surface area contributed by atoms with E-state index < -0.39 is 109 Å². The standard InChI is InChI=1S/2C29H29ClO11/c2*1-16(31)36-15-25-26(37-17(2)32)27(38-18(3)33)28(39-19(4)34)29(41-25)40-23-12-5-20(6-13-23)7-14-24(35)21-8-10-22(30)11-9-21/h2*5-14,25-29H,15H2,1-4H3/b2*14-7+/t2*25-,26-,27-,28-,29-/m11/s1. The van der Waals surface area contributed by atoms with Crippen molar-refractivity contribution in [1.29, 1.82) is 0 Å². The molecule has 436 valence electrons. The van der Waals surface area contributed by atoms with Crippen molar-refractivity contribution in [1.82, 2.24) is 0 Å².